The molecule has 1 aliphatic heterocycles. The van der Waals surface area contributed by atoms with E-state index in [9.17, 15) is 4.79 Å². The highest BCUT2D eigenvalue weighted by molar-refractivity contribution is 5.79. The Bertz CT molecular complexity index is 508. The summed E-state index contributed by atoms with van der Waals surface area (Å²) < 4.78 is 0. The molecule has 100 valence electrons. The van der Waals surface area contributed by atoms with Crippen molar-refractivity contribution >= 4 is 5.91 Å². The molecule has 2 aliphatic rings. The Hall–Kier alpha value is -1.83. The van der Waals surface area contributed by atoms with E-state index in [2.05, 4.69) is 16.0 Å². The van der Waals surface area contributed by atoms with E-state index in [1.165, 1.54) is 0 Å². The number of aryl methyl sites for hydroxylation is 1. The highest BCUT2D eigenvalue weighted by Crippen LogP contribution is 2.26. The predicted molar refractivity (Wildman–Crippen MR) is 69.0 cm³/mol. The number of likely N-dealkylation sites (tertiary alicyclic amines) is 1. The summed E-state index contributed by atoms with van der Waals surface area (Å²) in [4.78, 5) is 21.8. The van der Waals surface area contributed by atoms with Crippen molar-refractivity contribution in [2.45, 2.75) is 32.1 Å². The molecule has 0 radical (unpaired) electrons. The van der Waals surface area contributed by atoms with Crippen LogP contribution < -0.4 is 0 Å². The van der Waals surface area contributed by atoms with Gasteiger partial charge in [-0.2, -0.15) is 5.26 Å². The molecule has 1 N–H and O–H groups in total. The van der Waals surface area contributed by atoms with E-state index in [0.717, 1.165) is 56.6 Å². The molecular weight excluding hydrogens is 240 g/mol. The maximum atomic E-state index is 12.5. The van der Waals surface area contributed by atoms with Crippen LogP contribution in [-0.2, 0) is 17.6 Å². The average Bonchev–Trinajstić information content (AvgIpc) is 2.94. The van der Waals surface area contributed by atoms with Crippen molar-refractivity contribution in [2.75, 3.05) is 13.1 Å². The average molecular weight is 258 g/mol. The van der Waals surface area contributed by atoms with Gasteiger partial charge < -0.3 is 9.88 Å². The maximum absolute atomic E-state index is 12.5. The Morgan fingerprint density at radius 3 is 2.95 bits per heavy atom. The summed E-state index contributed by atoms with van der Waals surface area (Å²) in [6, 6.07) is 2.30. The number of rotatable bonds is 1. The molecule has 1 aliphatic carbocycles. The third-order valence-corrected chi connectivity index (χ3v) is 4.33. The molecule has 5 heteroatoms. The molecule has 1 saturated heterocycles. The largest absolute Gasteiger partial charge is 0.348 e. The number of carbonyl (C=O) groups excluding carboxylic acids is 1. The van der Waals surface area contributed by atoms with Crippen LogP contribution in [0.5, 0.6) is 0 Å². The van der Waals surface area contributed by atoms with Crippen molar-refractivity contribution in [2.24, 2.45) is 11.8 Å². The third kappa shape index (κ3) is 2.35. The van der Waals surface area contributed by atoms with E-state index in [1.807, 2.05) is 4.90 Å². The van der Waals surface area contributed by atoms with Gasteiger partial charge in [0.2, 0.25) is 5.91 Å². The van der Waals surface area contributed by atoms with Crippen molar-refractivity contribution in [3.63, 3.8) is 0 Å². The number of nitriles is 1. The summed E-state index contributed by atoms with van der Waals surface area (Å²) in [7, 11) is 0. The molecule has 1 atom stereocenters. The lowest BCUT2D eigenvalue weighted by molar-refractivity contribution is -0.137. The minimum absolute atomic E-state index is 0.0894. The van der Waals surface area contributed by atoms with Crippen LogP contribution in [0, 0.1) is 23.2 Å². The van der Waals surface area contributed by atoms with Gasteiger partial charge in [0.1, 0.15) is 0 Å². The molecule has 2 heterocycles. The van der Waals surface area contributed by atoms with Crippen LogP contribution in [0.4, 0.5) is 0 Å². The first-order valence-corrected chi connectivity index (χ1v) is 6.97. The third-order valence-electron chi connectivity index (χ3n) is 4.33. The molecule has 0 bridgehead atoms. The standard InChI is InChI=1S/C14H18N4O/c15-8-10-3-5-18(6-4-10)14(19)11-1-2-12-13(7-11)17-9-16-12/h9-11H,1-7H2,(H,16,17). The van der Waals surface area contributed by atoms with Gasteiger partial charge in [-0.25, -0.2) is 4.98 Å². The number of nitrogens with zero attached hydrogens (tertiary/aromatic N) is 3. The number of aromatic nitrogens is 2. The molecule has 5 nitrogen and oxygen atoms in total. The van der Waals surface area contributed by atoms with Crippen molar-refractivity contribution in [3.05, 3.63) is 17.7 Å². The zero-order valence-electron chi connectivity index (χ0n) is 10.9. The van der Waals surface area contributed by atoms with Gasteiger partial charge in [-0.05, 0) is 25.7 Å². The van der Waals surface area contributed by atoms with Crippen molar-refractivity contribution in [3.8, 4) is 6.07 Å². The van der Waals surface area contributed by atoms with Gasteiger partial charge in [-0.1, -0.05) is 0 Å². The Balaban J connectivity index is 1.62. The Kier molecular flexibility index (Phi) is 3.24. The van der Waals surface area contributed by atoms with Crippen LogP contribution in [0.3, 0.4) is 0 Å². The van der Waals surface area contributed by atoms with E-state index >= 15 is 0 Å². The van der Waals surface area contributed by atoms with Crippen LogP contribution >= 0.6 is 0 Å². The summed E-state index contributed by atoms with van der Waals surface area (Å²) >= 11 is 0. The number of carbonyl (C=O) groups is 1. The molecule has 1 aromatic heterocycles. The van der Waals surface area contributed by atoms with Crippen LogP contribution in [0.2, 0.25) is 0 Å². The summed E-state index contributed by atoms with van der Waals surface area (Å²) in [5, 5.41) is 8.89. The van der Waals surface area contributed by atoms with Crippen molar-refractivity contribution < 1.29 is 4.79 Å². The quantitative estimate of drug-likeness (QED) is 0.824. The number of hydrogen-bond acceptors (Lipinski definition) is 3. The second-order valence-corrected chi connectivity index (χ2v) is 5.50. The molecule has 0 spiro atoms. The van der Waals surface area contributed by atoms with E-state index in [1.54, 1.807) is 6.33 Å². The van der Waals surface area contributed by atoms with Gasteiger partial charge in [0.15, 0.2) is 0 Å². The lowest BCUT2D eigenvalue weighted by Crippen LogP contribution is -2.43. The fourth-order valence-electron chi connectivity index (χ4n) is 3.10. The van der Waals surface area contributed by atoms with E-state index in [-0.39, 0.29) is 17.7 Å². The molecule has 1 unspecified atom stereocenters. The molecule has 0 aromatic carbocycles. The first kappa shape index (κ1) is 12.2. The summed E-state index contributed by atoms with van der Waals surface area (Å²) in [5.41, 5.74) is 2.24. The van der Waals surface area contributed by atoms with Gasteiger partial charge in [0, 0.05) is 37.0 Å². The van der Waals surface area contributed by atoms with Crippen LogP contribution in [0.1, 0.15) is 30.7 Å². The Morgan fingerprint density at radius 2 is 2.21 bits per heavy atom. The minimum atomic E-state index is 0.0894. The highest BCUT2D eigenvalue weighted by atomic mass is 16.2. The van der Waals surface area contributed by atoms with Gasteiger partial charge in [0.05, 0.1) is 18.1 Å². The first-order chi connectivity index (χ1) is 9.28. The number of aromatic amines is 1. The Morgan fingerprint density at radius 1 is 1.42 bits per heavy atom. The second kappa shape index (κ2) is 5.04. The lowest BCUT2D eigenvalue weighted by Gasteiger charge is -2.33. The minimum Gasteiger partial charge on any atom is -0.348 e. The Labute approximate surface area is 112 Å². The topological polar surface area (TPSA) is 72.8 Å². The van der Waals surface area contributed by atoms with Crippen LogP contribution in [-0.4, -0.2) is 33.9 Å². The molecule has 3 rings (SSSR count). The summed E-state index contributed by atoms with van der Waals surface area (Å²) in [6.07, 6.45) is 5.94. The van der Waals surface area contributed by atoms with Crippen LogP contribution in [0.25, 0.3) is 0 Å². The first-order valence-electron chi connectivity index (χ1n) is 6.97. The van der Waals surface area contributed by atoms with Gasteiger partial charge in [0.25, 0.3) is 0 Å². The van der Waals surface area contributed by atoms with Gasteiger partial charge >= 0.3 is 0 Å². The van der Waals surface area contributed by atoms with Crippen molar-refractivity contribution in [1.29, 1.82) is 5.26 Å². The molecular formula is C14H18N4O. The van der Waals surface area contributed by atoms with E-state index in [0.29, 0.717) is 0 Å². The normalized spacial score (nSPS) is 23.7. The predicted octanol–water partition coefficient (Wildman–Crippen LogP) is 1.28. The number of amides is 1. The number of piperidine rings is 1. The number of imidazole rings is 1. The molecule has 1 aromatic rings. The highest BCUT2D eigenvalue weighted by Gasteiger charge is 2.31. The SMILES string of the molecule is N#CC1CCN(C(=O)C2CCc3nc[nH]c3C2)CC1. The lowest BCUT2D eigenvalue weighted by atomic mass is 9.87. The zero-order valence-corrected chi connectivity index (χ0v) is 10.9. The number of H-pyrrole nitrogens is 1. The fraction of sp³-hybridized carbons (Fsp3) is 0.643. The molecule has 19 heavy (non-hydrogen) atoms. The number of nitrogens with one attached hydrogen (secondary N) is 1. The van der Waals surface area contributed by atoms with Crippen LogP contribution in [0.15, 0.2) is 6.33 Å². The second-order valence-electron chi connectivity index (χ2n) is 5.50. The van der Waals surface area contributed by atoms with E-state index in [4.69, 9.17) is 5.26 Å². The van der Waals surface area contributed by atoms with E-state index < -0.39 is 0 Å². The van der Waals surface area contributed by atoms with Crippen molar-refractivity contribution in [1.82, 2.24) is 14.9 Å². The monoisotopic (exact) mass is 258 g/mol. The summed E-state index contributed by atoms with van der Waals surface area (Å²) in [6.45, 7) is 1.48. The molecule has 0 saturated carbocycles. The smallest absolute Gasteiger partial charge is 0.226 e. The molecule has 1 amide bonds. The zero-order chi connectivity index (χ0) is 13.2. The number of hydrogen-bond donors (Lipinski definition) is 1. The van der Waals surface area contributed by atoms with Gasteiger partial charge in [-0.3, -0.25) is 4.79 Å². The maximum Gasteiger partial charge on any atom is 0.226 e. The van der Waals surface area contributed by atoms with Gasteiger partial charge in [-0.15, -0.1) is 0 Å². The molecule has 1 fully saturated rings. The number of fused-ring (bicyclic) bond motifs is 1. The fourth-order valence-corrected chi connectivity index (χ4v) is 3.10. The summed E-state index contributed by atoms with van der Waals surface area (Å²) in [5.74, 6) is 0.484.